The summed E-state index contributed by atoms with van der Waals surface area (Å²) in [4.78, 5) is 41.0. The molecule has 5 aliphatic heterocycles. The van der Waals surface area contributed by atoms with Gasteiger partial charge in [0.2, 0.25) is 0 Å². The SMILES string of the molecule is C.C.C.C.C.C.C.C.C.C.CC(C)(O)c1ccc(F)cc1Br.CC1(C)OB(O)c2c1ccc(F)c2N.CC1(C)OB(O)c2c1ccc(F)c2[N+](=O)[O-].CC1(C)OB(O)c2cc(F)c(N)cc21.CC1(C)OB(O)c2cc(F)c([N+](=O)[O-])cc21.CC1(C)OB(O)c2cc(F)ccc21.COC(=O)c1ccc(F)cc1Br.O=C(O)c1ccc(F)cc1Br.[Br-].[CH3-].[Mg+2]. The van der Waals surface area contributed by atoms with E-state index in [2.05, 4.69) is 52.5 Å². The second-order valence-electron chi connectivity index (χ2n) is 27.0. The number of nitro benzene ring substituents is 2. The van der Waals surface area contributed by atoms with Gasteiger partial charge in [0.1, 0.15) is 34.9 Å². The Balaban J connectivity index is -0.000000199. The predicted molar refractivity (Wildman–Crippen MR) is 478 cm³/mol. The number of ether oxygens (including phenoxy) is 1. The number of anilines is 2. The number of nitrogens with two attached hydrogens (primary N) is 2. The zero-order chi connectivity index (χ0) is 81.7. The number of carboxylic acid groups (broad SMARTS) is 1. The van der Waals surface area contributed by atoms with E-state index in [-0.39, 0.29) is 166 Å². The molecule has 668 valence electrons. The van der Waals surface area contributed by atoms with Crippen LogP contribution in [0.1, 0.15) is 211 Å². The van der Waals surface area contributed by atoms with Crippen LogP contribution in [0.4, 0.5) is 57.9 Å². The zero-order valence-corrected chi connectivity index (χ0v) is 69.5. The summed E-state index contributed by atoms with van der Waals surface area (Å²) in [7, 11) is -4.61. The number of halogens is 12. The Hall–Kier alpha value is -6.89. The van der Waals surface area contributed by atoms with E-state index in [0.717, 1.165) is 47.0 Å². The molecule has 0 amide bonds. The molecule has 0 saturated carbocycles. The molecule has 0 aliphatic carbocycles. The van der Waals surface area contributed by atoms with Gasteiger partial charge in [-0.1, -0.05) is 114 Å². The van der Waals surface area contributed by atoms with Crippen LogP contribution in [0.25, 0.3) is 0 Å². The summed E-state index contributed by atoms with van der Waals surface area (Å²) in [6, 6.07) is 25.9. The number of aliphatic hydroxyl groups is 1. The van der Waals surface area contributed by atoms with Gasteiger partial charge < -0.3 is 99.2 Å². The van der Waals surface area contributed by atoms with Crippen molar-refractivity contribution in [1.82, 2.24) is 0 Å². The van der Waals surface area contributed by atoms with Gasteiger partial charge in [0.05, 0.1) is 78.5 Å². The Morgan fingerprint density at radius 1 is 0.446 bits per heavy atom. The molecule has 8 aromatic rings. The molecule has 0 saturated heterocycles. The van der Waals surface area contributed by atoms with Gasteiger partial charge in [0.15, 0.2) is 11.6 Å². The van der Waals surface area contributed by atoms with Crippen molar-refractivity contribution in [1.29, 1.82) is 0 Å². The number of fused-ring (bicyclic) bond motifs is 5. The maximum absolute atomic E-state index is 13.3. The van der Waals surface area contributed by atoms with Crippen LogP contribution in [0.3, 0.4) is 0 Å². The standard InChI is InChI=1S/2C9H9BFNO4.2C9H11BFNO2.C9H10BFO2.C9H10BrFO.C8H6BrFO2.C7H4BrFO2.10CH4.CH3.BrH.Mg/c1-9(2)5-3-8(12(14)15)7(11)4-6(5)10(13)16-9;1-9(2)5-3-4-6(11)8(12(14)15)7(5)10(13)16-9;1-9(2)5-3-8(12)7(11)4-6(5)10(13)14-9;1-9(2)5-3-4-6(11)8(12)7(5)10(13)14-9;1-9(2)7-4-3-6(11)5-8(7)10(12)13-9;1-9(2,12)7-4-3-6(11)5-8(7)10;1-12-8(11)6-3-2-5(10)4-7(6)9;8-6-3-4(9)1-2-5(6)7(10)11;;;;;;;;;;;;;/h2*3-4,13H,1-2H3;2*3-4,13H,12H2,1-2H3;3-5,12H,1-2H3;3-5,12H,1-2H3;2-4H,1H3;1-3H,(H,10,11);10*1H4;1H3;1H;/q;;;;;;;;;;;;;;;;;;-1;;+2/p-1. The fourth-order valence-corrected chi connectivity index (χ4v) is 13.3. The van der Waals surface area contributed by atoms with Crippen LogP contribution in [-0.4, -0.2) is 123 Å². The molecule has 0 bridgehead atoms. The molecule has 5 aliphatic rings. The maximum atomic E-state index is 13.3. The van der Waals surface area contributed by atoms with Crippen molar-refractivity contribution in [3.8, 4) is 0 Å². The third kappa shape index (κ3) is 31.6. The normalized spacial score (nSPS) is 13.9. The summed E-state index contributed by atoms with van der Waals surface area (Å²) in [6.45, 7) is 20.9. The molecule has 0 aromatic heterocycles. The summed E-state index contributed by atoms with van der Waals surface area (Å²) in [5, 5.41) is 87.0. The second kappa shape index (κ2) is 51.5. The van der Waals surface area contributed by atoms with E-state index < -0.39 is 137 Å². The van der Waals surface area contributed by atoms with E-state index in [9.17, 15) is 95.2 Å². The van der Waals surface area contributed by atoms with Crippen LogP contribution in [-0.2, 0) is 61.6 Å². The third-order valence-corrected chi connectivity index (χ3v) is 18.7. The average Bonchev–Trinajstić information content (AvgIpc) is 1.70. The summed E-state index contributed by atoms with van der Waals surface area (Å²) < 4.78 is 135. The number of hydrogen-bond acceptors (Lipinski definition) is 20. The number of esters is 1. The number of rotatable bonds is 5. The number of benzene rings is 8. The summed E-state index contributed by atoms with van der Waals surface area (Å²) in [5.74, 6) is -6.05. The first kappa shape index (κ1) is 130. The predicted octanol–water partition coefficient (Wildman–Crippen LogP) is 13.8. The fourth-order valence-electron chi connectivity index (χ4n) is 11.4. The largest absolute Gasteiger partial charge is 2.00 e. The zero-order valence-electron chi connectivity index (χ0n) is 61.8. The number of nitrogens with zero attached hydrogens (tertiary/aromatic N) is 2. The summed E-state index contributed by atoms with van der Waals surface area (Å²) >= 11 is 9.16. The first-order valence-electron chi connectivity index (χ1n) is 31.8. The van der Waals surface area contributed by atoms with Gasteiger partial charge in [-0.05, 0) is 256 Å². The Morgan fingerprint density at radius 2 is 0.777 bits per heavy atom. The molecule has 0 spiro atoms. The third-order valence-electron chi connectivity index (χ3n) is 16.7. The van der Waals surface area contributed by atoms with Gasteiger partial charge in [-0.25, -0.2) is 35.9 Å². The van der Waals surface area contributed by atoms with E-state index in [1.165, 1.54) is 79.9 Å². The van der Waals surface area contributed by atoms with Gasteiger partial charge >= 0.3 is 82.0 Å². The Kier molecular flexibility index (Phi) is 55.2. The van der Waals surface area contributed by atoms with Gasteiger partial charge in [-0.15, -0.1) is 0 Å². The van der Waals surface area contributed by atoms with E-state index in [1.807, 2.05) is 13.8 Å². The van der Waals surface area contributed by atoms with E-state index >= 15 is 0 Å². The molecular formula is C80H113B5Br4F8MgN4O19. The first-order valence-corrected chi connectivity index (χ1v) is 34.2. The van der Waals surface area contributed by atoms with Crippen molar-refractivity contribution in [2.45, 2.75) is 191 Å². The van der Waals surface area contributed by atoms with Crippen molar-refractivity contribution in [3.63, 3.8) is 0 Å². The minimum absolute atomic E-state index is 0. The van der Waals surface area contributed by atoms with Crippen LogP contribution in [0.5, 0.6) is 0 Å². The number of methoxy groups -OCH3 is 1. The van der Waals surface area contributed by atoms with Crippen molar-refractivity contribution in [2.24, 2.45) is 0 Å². The van der Waals surface area contributed by atoms with Gasteiger partial charge in [-0.2, -0.15) is 8.78 Å². The topological polar surface area (TPSA) is 369 Å². The number of carbonyl (C=O) groups is 2. The minimum Gasteiger partial charge on any atom is -1.00 e. The molecule has 11 N–H and O–H groups in total. The number of carboxylic acids is 1. The van der Waals surface area contributed by atoms with Crippen LogP contribution >= 0.6 is 47.8 Å². The number of nitrogen functional groups attached to an aromatic ring is 2. The Morgan fingerprint density at radius 3 is 1.17 bits per heavy atom. The molecule has 41 heteroatoms. The van der Waals surface area contributed by atoms with Crippen LogP contribution in [0, 0.1) is 74.2 Å². The summed E-state index contributed by atoms with van der Waals surface area (Å²) in [5.41, 5.74) is 11.1. The molecule has 0 unspecified atom stereocenters. The van der Waals surface area contributed by atoms with Crippen LogP contribution < -0.4 is 55.8 Å². The average molecular weight is 1980 g/mol. The monoisotopic (exact) mass is 1980 g/mol. The molecule has 0 radical (unpaired) electrons. The van der Waals surface area contributed by atoms with E-state index in [0.29, 0.717) is 47.6 Å². The molecule has 23 nitrogen and oxygen atoms in total. The van der Waals surface area contributed by atoms with Crippen LogP contribution in [0.2, 0.25) is 0 Å². The van der Waals surface area contributed by atoms with E-state index in [1.54, 1.807) is 87.4 Å². The minimum atomic E-state index is -1.46. The molecule has 5 heterocycles. The first-order chi connectivity index (χ1) is 49.7. The fraction of sp³-hybridized carbons (Fsp3) is 0.362. The number of aromatic carboxylic acids is 1. The van der Waals surface area contributed by atoms with Crippen molar-refractivity contribution in [3.05, 3.63) is 253 Å². The van der Waals surface area contributed by atoms with Gasteiger partial charge in [0.25, 0.3) is 0 Å². The van der Waals surface area contributed by atoms with E-state index in [4.69, 9.17) is 39.8 Å². The molecule has 13 rings (SSSR count). The molecule has 0 atom stereocenters. The smallest absolute Gasteiger partial charge is 1.00 e. The second-order valence-corrected chi connectivity index (χ2v) is 29.6. The quantitative estimate of drug-likeness (QED) is 0.0147. The molecular weight excluding hydrogens is 1870 g/mol. The van der Waals surface area contributed by atoms with Gasteiger partial charge in [-0.3, -0.25) is 20.2 Å². The van der Waals surface area contributed by atoms with Crippen molar-refractivity contribution in [2.75, 3.05) is 18.6 Å². The number of nitro groups is 2. The van der Waals surface area contributed by atoms with Gasteiger partial charge in [0, 0.05) is 24.9 Å². The Bertz CT molecular complexity index is 4760. The maximum Gasteiger partial charge on any atom is 2.00 e. The molecule has 8 aromatic carbocycles. The van der Waals surface area contributed by atoms with Crippen molar-refractivity contribution < 1.29 is 135 Å². The summed E-state index contributed by atoms with van der Waals surface area (Å²) in [6.07, 6.45) is 0. The number of hydrogen-bond donors (Lipinski definition) is 9. The number of carbonyl (C=O) groups excluding carboxylic acids is 1. The van der Waals surface area contributed by atoms with Crippen LogP contribution in [0.15, 0.2) is 135 Å². The van der Waals surface area contributed by atoms with Crippen molar-refractivity contribution >= 4 is 168 Å². The Labute approximate surface area is 760 Å². The molecule has 121 heavy (non-hydrogen) atoms. The molecule has 0 fully saturated rings.